The summed E-state index contributed by atoms with van der Waals surface area (Å²) in [5, 5.41) is 9.20. The zero-order valence-electron chi connectivity index (χ0n) is 18.9. The first kappa shape index (κ1) is 24.2. The predicted molar refractivity (Wildman–Crippen MR) is 121 cm³/mol. The van der Waals surface area contributed by atoms with Gasteiger partial charge in [0.1, 0.15) is 5.75 Å². The molecule has 1 atom stereocenters. The fourth-order valence-electron chi connectivity index (χ4n) is 3.28. The Hall–Kier alpha value is -2.48. The molecule has 8 heteroatoms. The Morgan fingerprint density at radius 3 is 2.28 bits per heavy atom. The van der Waals surface area contributed by atoms with E-state index in [9.17, 15) is 13.2 Å². The van der Waals surface area contributed by atoms with E-state index < -0.39 is 11.7 Å². The highest BCUT2D eigenvalue weighted by atomic mass is 32.2. The number of rotatable bonds is 7. The number of benzene rings is 2. The SMILES string of the molecule is CCn1c(SCc2cccc(C(F)(F)F)c2)nnc1C(C)Oc1ccc(C(C)(C)C)cc1. The molecule has 3 aromatic rings. The minimum Gasteiger partial charge on any atom is -0.483 e. The van der Waals surface area contributed by atoms with Crippen LogP contribution < -0.4 is 4.74 Å². The monoisotopic (exact) mass is 463 g/mol. The number of thioether (sulfide) groups is 1. The Kier molecular flexibility index (Phi) is 7.22. The molecule has 1 unspecified atom stereocenters. The van der Waals surface area contributed by atoms with Gasteiger partial charge in [0.25, 0.3) is 0 Å². The molecule has 0 radical (unpaired) electrons. The van der Waals surface area contributed by atoms with Crippen molar-refractivity contribution < 1.29 is 17.9 Å². The average Bonchev–Trinajstić information content (AvgIpc) is 3.14. The highest BCUT2D eigenvalue weighted by molar-refractivity contribution is 7.98. The molecule has 0 spiro atoms. The number of nitrogens with zero attached hydrogens (tertiary/aromatic N) is 3. The Balaban J connectivity index is 1.70. The van der Waals surface area contributed by atoms with Crippen LogP contribution in [0.1, 0.15) is 63.2 Å². The van der Waals surface area contributed by atoms with E-state index in [1.807, 2.05) is 30.5 Å². The van der Waals surface area contributed by atoms with Gasteiger partial charge in [-0.3, -0.25) is 0 Å². The Morgan fingerprint density at radius 2 is 1.69 bits per heavy atom. The van der Waals surface area contributed by atoms with Crippen LogP contribution in [0.5, 0.6) is 5.75 Å². The van der Waals surface area contributed by atoms with Crippen LogP contribution >= 0.6 is 11.8 Å². The summed E-state index contributed by atoms with van der Waals surface area (Å²) < 4.78 is 46.9. The van der Waals surface area contributed by atoms with Crippen molar-refractivity contribution in [1.29, 1.82) is 0 Å². The summed E-state index contributed by atoms with van der Waals surface area (Å²) in [6.45, 7) is 11.0. The van der Waals surface area contributed by atoms with Gasteiger partial charge in [-0.05, 0) is 48.6 Å². The van der Waals surface area contributed by atoms with Crippen molar-refractivity contribution in [3.63, 3.8) is 0 Å². The predicted octanol–water partition coefficient (Wildman–Crippen LogP) is 7.05. The molecule has 0 aliphatic carbocycles. The molecule has 172 valence electrons. The summed E-state index contributed by atoms with van der Waals surface area (Å²) in [4.78, 5) is 0. The van der Waals surface area contributed by atoms with Gasteiger partial charge in [0, 0.05) is 12.3 Å². The van der Waals surface area contributed by atoms with Gasteiger partial charge in [0.2, 0.25) is 0 Å². The van der Waals surface area contributed by atoms with Crippen LogP contribution in [0.2, 0.25) is 0 Å². The van der Waals surface area contributed by atoms with E-state index in [2.05, 4.69) is 43.1 Å². The molecule has 32 heavy (non-hydrogen) atoms. The molecule has 0 saturated heterocycles. The lowest BCUT2D eigenvalue weighted by Gasteiger charge is -2.20. The Morgan fingerprint density at radius 1 is 1.00 bits per heavy atom. The number of hydrogen-bond donors (Lipinski definition) is 0. The quantitative estimate of drug-likeness (QED) is 0.352. The topological polar surface area (TPSA) is 39.9 Å². The summed E-state index contributed by atoms with van der Waals surface area (Å²) >= 11 is 1.36. The molecule has 0 fully saturated rings. The molecule has 0 aliphatic rings. The molecule has 1 aromatic heterocycles. The third-order valence-corrected chi connectivity index (χ3v) is 6.12. The molecule has 0 saturated carbocycles. The van der Waals surface area contributed by atoms with Crippen LogP contribution in [0.3, 0.4) is 0 Å². The Bertz CT molecular complexity index is 1040. The number of ether oxygens (including phenoxy) is 1. The van der Waals surface area contributed by atoms with Gasteiger partial charge in [-0.25, -0.2) is 0 Å². The van der Waals surface area contributed by atoms with Gasteiger partial charge >= 0.3 is 6.18 Å². The van der Waals surface area contributed by atoms with E-state index in [0.717, 1.165) is 11.8 Å². The molecule has 0 bridgehead atoms. The van der Waals surface area contributed by atoms with Crippen LogP contribution in [0, 0.1) is 0 Å². The third kappa shape index (κ3) is 5.85. The normalized spacial score (nSPS) is 13.2. The summed E-state index contributed by atoms with van der Waals surface area (Å²) in [7, 11) is 0. The first-order valence-electron chi connectivity index (χ1n) is 10.5. The molecular weight excluding hydrogens is 435 g/mol. The van der Waals surface area contributed by atoms with Gasteiger partial charge < -0.3 is 9.30 Å². The number of hydrogen-bond acceptors (Lipinski definition) is 4. The molecule has 0 aliphatic heterocycles. The summed E-state index contributed by atoms with van der Waals surface area (Å²) in [6, 6.07) is 13.4. The smallest absolute Gasteiger partial charge is 0.416 e. The third-order valence-electron chi connectivity index (χ3n) is 5.08. The highest BCUT2D eigenvalue weighted by Gasteiger charge is 2.30. The average molecular weight is 464 g/mol. The van der Waals surface area contributed by atoms with Gasteiger partial charge in [0.15, 0.2) is 17.1 Å². The molecule has 4 nitrogen and oxygen atoms in total. The van der Waals surface area contributed by atoms with Crippen LogP contribution in [0.15, 0.2) is 53.7 Å². The maximum absolute atomic E-state index is 13.0. The van der Waals surface area contributed by atoms with Crippen molar-refractivity contribution in [3.8, 4) is 5.75 Å². The van der Waals surface area contributed by atoms with E-state index in [-0.39, 0.29) is 11.5 Å². The number of halogens is 3. The summed E-state index contributed by atoms with van der Waals surface area (Å²) in [6.07, 6.45) is -4.68. The second kappa shape index (κ2) is 9.57. The van der Waals surface area contributed by atoms with E-state index in [1.165, 1.54) is 29.5 Å². The maximum atomic E-state index is 13.0. The van der Waals surface area contributed by atoms with Crippen molar-refractivity contribution in [1.82, 2.24) is 14.8 Å². The lowest BCUT2D eigenvalue weighted by atomic mass is 9.87. The molecule has 1 heterocycles. The minimum atomic E-state index is -4.35. The fraction of sp³-hybridized carbons (Fsp3) is 0.417. The van der Waals surface area contributed by atoms with Gasteiger partial charge in [-0.2, -0.15) is 13.2 Å². The molecule has 0 amide bonds. The summed E-state index contributed by atoms with van der Waals surface area (Å²) in [5.41, 5.74) is 1.23. The lowest BCUT2D eigenvalue weighted by Crippen LogP contribution is -2.13. The van der Waals surface area contributed by atoms with E-state index in [4.69, 9.17) is 4.74 Å². The largest absolute Gasteiger partial charge is 0.483 e. The minimum absolute atomic E-state index is 0.0677. The van der Waals surface area contributed by atoms with E-state index >= 15 is 0 Å². The van der Waals surface area contributed by atoms with Crippen LogP contribution in [0.25, 0.3) is 0 Å². The van der Waals surface area contributed by atoms with E-state index in [0.29, 0.717) is 28.8 Å². The van der Waals surface area contributed by atoms with Gasteiger partial charge in [-0.1, -0.05) is 62.9 Å². The van der Waals surface area contributed by atoms with Crippen molar-refractivity contribution in [2.24, 2.45) is 0 Å². The molecule has 3 rings (SSSR count). The lowest BCUT2D eigenvalue weighted by molar-refractivity contribution is -0.137. The van der Waals surface area contributed by atoms with Crippen LogP contribution in [-0.4, -0.2) is 14.8 Å². The van der Waals surface area contributed by atoms with Crippen molar-refractivity contribution in [2.45, 2.75) is 69.8 Å². The van der Waals surface area contributed by atoms with Gasteiger partial charge in [-0.15, -0.1) is 10.2 Å². The van der Waals surface area contributed by atoms with Gasteiger partial charge in [0.05, 0.1) is 5.56 Å². The molecule has 0 N–H and O–H groups in total. The second-order valence-electron chi connectivity index (χ2n) is 8.61. The molecular formula is C24H28F3N3OS. The van der Waals surface area contributed by atoms with Crippen LogP contribution in [-0.2, 0) is 23.9 Å². The first-order valence-corrected chi connectivity index (χ1v) is 11.5. The van der Waals surface area contributed by atoms with Crippen molar-refractivity contribution in [2.75, 3.05) is 0 Å². The number of aromatic nitrogens is 3. The standard InChI is InChI=1S/C24H28F3N3OS/c1-6-30-21(16(2)31-20-12-10-18(11-13-20)23(3,4)5)28-29-22(30)32-15-17-8-7-9-19(14-17)24(25,26)27/h7-14,16H,6,15H2,1-5H3. The Labute approximate surface area is 191 Å². The summed E-state index contributed by atoms with van der Waals surface area (Å²) in [5.74, 6) is 1.79. The fourth-order valence-corrected chi connectivity index (χ4v) is 4.23. The maximum Gasteiger partial charge on any atom is 0.416 e. The van der Waals surface area contributed by atoms with Crippen molar-refractivity contribution >= 4 is 11.8 Å². The van der Waals surface area contributed by atoms with E-state index in [1.54, 1.807) is 6.07 Å². The number of alkyl halides is 3. The molecule has 2 aromatic carbocycles. The van der Waals surface area contributed by atoms with Crippen molar-refractivity contribution in [3.05, 3.63) is 71.0 Å². The first-order chi connectivity index (χ1) is 15.0. The highest BCUT2D eigenvalue weighted by Crippen LogP contribution is 2.32. The zero-order valence-corrected chi connectivity index (χ0v) is 19.7. The van der Waals surface area contributed by atoms with Crippen LogP contribution in [0.4, 0.5) is 13.2 Å². The zero-order chi connectivity index (χ0) is 23.5. The second-order valence-corrected chi connectivity index (χ2v) is 9.55.